The van der Waals surface area contributed by atoms with E-state index in [1.807, 2.05) is 18.2 Å². The first-order chi connectivity index (χ1) is 20.7. The Kier molecular flexibility index (Phi) is 12.2. The van der Waals surface area contributed by atoms with Crippen LogP contribution in [-0.4, -0.2) is 32.8 Å². The van der Waals surface area contributed by atoms with Gasteiger partial charge in [0.05, 0.1) is 20.4 Å². The zero-order valence-corrected chi connectivity index (χ0v) is 25.8. The van der Waals surface area contributed by atoms with E-state index in [4.69, 9.17) is 9.47 Å². The summed E-state index contributed by atoms with van der Waals surface area (Å²) in [6, 6.07) is 39.0. The highest BCUT2D eigenvalue weighted by atomic mass is 31.2. The minimum atomic E-state index is -1.74. The van der Waals surface area contributed by atoms with Crippen molar-refractivity contribution in [3.05, 3.63) is 121 Å². The molecule has 4 nitrogen and oxygen atoms in total. The van der Waals surface area contributed by atoms with Gasteiger partial charge in [0, 0.05) is 12.6 Å². The van der Waals surface area contributed by atoms with E-state index in [1.165, 1.54) is 47.8 Å². The molecule has 0 aliphatic heterocycles. The summed E-state index contributed by atoms with van der Waals surface area (Å²) in [5, 5.41) is 7.37. The molecular formula is C37H43NO3P+. The third-order valence-corrected chi connectivity index (χ3v) is 12.2. The molecule has 0 atom stereocenters. The lowest BCUT2D eigenvalue weighted by molar-refractivity contribution is -0.116. The SMILES string of the molecule is COc1ccc(/C=C/C(=O)NCCCCCCCC[P+](c2ccccc2)(c2ccccc2)c2ccccc2)cc1OC. The number of benzene rings is 4. The molecule has 0 aliphatic carbocycles. The fourth-order valence-electron chi connectivity index (χ4n) is 5.46. The molecule has 0 fully saturated rings. The minimum absolute atomic E-state index is 0.0761. The van der Waals surface area contributed by atoms with Crippen molar-refractivity contribution in [1.82, 2.24) is 5.32 Å². The van der Waals surface area contributed by atoms with Gasteiger partial charge in [0.2, 0.25) is 5.91 Å². The summed E-state index contributed by atoms with van der Waals surface area (Å²) in [7, 11) is 1.48. The standard InChI is InChI=1S/C37H42NO3P/c1-40-35-26-24-31(30-36(35)41-2)25-27-37(39)38-28-16-5-3-4-6-17-29-42(32-18-10-7-11-19-32,33-20-12-8-13-21-33)34-22-14-9-15-23-34/h7-15,18-27,30H,3-6,16-17,28-29H2,1-2H3/p+1/b27-25+. The van der Waals surface area contributed by atoms with Gasteiger partial charge in [-0.3, -0.25) is 4.79 Å². The van der Waals surface area contributed by atoms with Gasteiger partial charge in [0.15, 0.2) is 11.5 Å². The normalized spacial score (nSPS) is 11.4. The predicted octanol–water partition coefficient (Wildman–Crippen LogP) is 7.17. The molecule has 4 aromatic carbocycles. The van der Waals surface area contributed by atoms with Crippen molar-refractivity contribution in [3.63, 3.8) is 0 Å². The molecule has 0 saturated heterocycles. The number of unbranched alkanes of at least 4 members (excludes halogenated alkanes) is 5. The molecule has 5 heteroatoms. The van der Waals surface area contributed by atoms with Crippen molar-refractivity contribution in [2.45, 2.75) is 38.5 Å². The van der Waals surface area contributed by atoms with Crippen molar-refractivity contribution in [2.24, 2.45) is 0 Å². The van der Waals surface area contributed by atoms with Crippen LogP contribution < -0.4 is 30.7 Å². The van der Waals surface area contributed by atoms with Crippen molar-refractivity contribution in [3.8, 4) is 11.5 Å². The van der Waals surface area contributed by atoms with Crippen LogP contribution in [0.15, 0.2) is 115 Å². The monoisotopic (exact) mass is 580 g/mol. The minimum Gasteiger partial charge on any atom is -0.493 e. The summed E-state index contributed by atoms with van der Waals surface area (Å²) in [4.78, 5) is 12.3. The second-order valence-corrected chi connectivity index (χ2v) is 14.0. The first-order valence-electron chi connectivity index (χ1n) is 14.9. The van der Waals surface area contributed by atoms with Crippen LogP contribution in [0, 0.1) is 0 Å². The van der Waals surface area contributed by atoms with Gasteiger partial charge in [-0.2, -0.15) is 0 Å². The van der Waals surface area contributed by atoms with Crippen LogP contribution in [0.25, 0.3) is 6.08 Å². The maximum Gasteiger partial charge on any atom is 0.243 e. The predicted molar refractivity (Wildman–Crippen MR) is 179 cm³/mol. The topological polar surface area (TPSA) is 47.6 Å². The molecule has 42 heavy (non-hydrogen) atoms. The molecule has 0 aliphatic rings. The molecule has 0 radical (unpaired) electrons. The first kappa shape index (κ1) is 31.1. The number of hydrogen-bond donors (Lipinski definition) is 1. The Morgan fingerprint density at radius 3 is 1.67 bits per heavy atom. The Balaban J connectivity index is 1.23. The van der Waals surface area contributed by atoms with Gasteiger partial charge in [0.25, 0.3) is 0 Å². The molecule has 0 bridgehead atoms. The van der Waals surface area contributed by atoms with Crippen LogP contribution in [-0.2, 0) is 4.79 Å². The fraction of sp³-hybridized carbons (Fsp3) is 0.270. The summed E-state index contributed by atoms with van der Waals surface area (Å²) < 4.78 is 10.6. The molecule has 4 aromatic rings. The highest BCUT2D eigenvalue weighted by molar-refractivity contribution is 7.95. The van der Waals surface area contributed by atoms with Crippen LogP contribution in [0.2, 0.25) is 0 Å². The number of rotatable bonds is 16. The second-order valence-electron chi connectivity index (χ2n) is 10.4. The fourth-order valence-corrected chi connectivity index (χ4v) is 9.87. The van der Waals surface area contributed by atoms with E-state index < -0.39 is 7.26 Å². The second kappa shape index (κ2) is 16.5. The van der Waals surface area contributed by atoms with Gasteiger partial charge in [-0.1, -0.05) is 79.9 Å². The van der Waals surface area contributed by atoms with Crippen LogP contribution in [0.4, 0.5) is 0 Å². The summed E-state index contributed by atoms with van der Waals surface area (Å²) in [5.74, 6) is 1.24. The Bertz CT molecular complexity index is 1290. The third kappa shape index (κ3) is 8.33. The average molecular weight is 581 g/mol. The molecular weight excluding hydrogens is 537 g/mol. The van der Waals surface area contributed by atoms with Crippen molar-refractivity contribution in [2.75, 3.05) is 26.9 Å². The van der Waals surface area contributed by atoms with Gasteiger partial charge in [0.1, 0.15) is 23.2 Å². The number of ether oxygens (including phenoxy) is 2. The van der Waals surface area contributed by atoms with Gasteiger partial charge in [-0.05, 0) is 79.4 Å². The Labute approximate surface area is 252 Å². The van der Waals surface area contributed by atoms with Gasteiger partial charge < -0.3 is 14.8 Å². The number of nitrogens with one attached hydrogen (secondary N) is 1. The summed E-state index contributed by atoms with van der Waals surface area (Å²) in [5.41, 5.74) is 0.890. The van der Waals surface area contributed by atoms with Crippen LogP contribution >= 0.6 is 7.26 Å². The van der Waals surface area contributed by atoms with E-state index >= 15 is 0 Å². The number of amides is 1. The van der Waals surface area contributed by atoms with Crippen molar-refractivity contribution in [1.29, 1.82) is 0 Å². The Hall–Kier alpha value is -3.88. The van der Waals surface area contributed by atoms with Crippen LogP contribution in [0.1, 0.15) is 44.1 Å². The molecule has 0 aromatic heterocycles. The van der Waals surface area contributed by atoms with E-state index in [9.17, 15) is 4.79 Å². The molecule has 0 spiro atoms. The van der Waals surface area contributed by atoms with Gasteiger partial charge in [-0.15, -0.1) is 0 Å². The largest absolute Gasteiger partial charge is 0.493 e. The van der Waals surface area contributed by atoms with Gasteiger partial charge in [-0.25, -0.2) is 0 Å². The number of methoxy groups -OCH3 is 2. The Morgan fingerprint density at radius 1 is 0.643 bits per heavy atom. The quantitative estimate of drug-likeness (QED) is 0.0869. The lowest BCUT2D eigenvalue weighted by Crippen LogP contribution is -2.33. The molecule has 4 rings (SSSR count). The van der Waals surface area contributed by atoms with Gasteiger partial charge >= 0.3 is 0 Å². The molecule has 0 heterocycles. The smallest absolute Gasteiger partial charge is 0.243 e. The van der Waals surface area contributed by atoms with Crippen molar-refractivity contribution >= 4 is 35.2 Å². The van der Waals surface area contributed by atoms with Crippen LogP contribution in [0.5, 0.6) is 11.5 Å². The van der Waals surface area contributed by atoms with Crippen molar-refractivity contribution < 1.29 is 14.3 Å². The zero-order chi connectivity index (χ0) is 29.5. The average Bonchev–Trinajstić information content (AvgIpc) is 3.06. The summed E-state index contributed by atoms with van der Waals surface area (Å²) >= 11 is 0. The van der Waals surface area contributed by atoms with Crippen LogP contribution in [0.3, 0.4) is 0 Å². The van der Waals surface area contributed by atoms with E-state index in [2.05, 4.69) is 96.3 Å². The van der Waals surface area contributed by atoms with E-state index in [1.54, 1.807) is 26.4 Å². The summed E-state index contributed by atoms with van der Waals surface area (Å²) in [6.45, 7) is 0.694. The van der Waals surface area contributed by atoms with E-state index in [-0.39, 0.29) is 5.91 Å². The number of carbonyl (C=O) groups excluding carboxylic acids is 1. The maximum atomic E-state index is 12.3. The van der Waals surface area contributed by atoms with E-state index in [0.29, 0.717) is 18.0 Å². The lowest BCUT2D eigenvalue weighted by Gasteiger charge is -2.27. The molecule has 0 unspecified atom stereocenters. The highest BCUT2D eigenvalue weighted by Gasteiger charge is 2.44. The van der Waals surface area contributed by atoms with E-state index in [0.717, 1.165) is 18.4 Å². The highest BCUT2D eigenvalue weighted by Crippen LogP contribution is 2.56. The Morgan fingerprint density at radius 2 is 1.14 bits per heavy atom. The number of hydrogen-bond acceptors (Lipinski definition) is 3. The molecule has 1 amide bonds. The maximum absolute atomic E-state index is 12.3. The molecule has 1 N–H and O–H groups in total. The molecule has 218 valence electrons. The molecule has 0 saturated carbocycles. The zero-order valence-electron chi connectivity index (χ0n) is 24.9. The lowest BCUT2D eigenvalue weighted by atomic mass is 10.1. The third-order valence-electron chi connectivity index (χ3n) is 7.65. The first-order valence-corrected chi connectivity index (χ1v) is 16.9. The number of carbonyl (C=O) groups is 1. The summed E-state index contributed by atoms with van der Waals surface area (Å²) in [6.07, 6.45) is 11.5.